The molecule has 1 aromatic rings. The number of amides is 1. The Morgan fingerprint density at radius 2 is 2.14 bits per heavy atom. The van der Waals surface area contributed by atoms with Gasteiger partial charge >= 0.3 is 0 Å². The molecule has 0 bridgehead atoms. The Kier molecular flexibility index (Phi) is 8.75. The van der Waals surface area contributed by atoms with Gasteiger partial charge in [-0.2, -0.15) is 0 Å². The van der Waals surface area contributed by atoms with Gasteiger partial charge in [0.1, 0.15) is 5.75 Å². The summed E-state index contributed by atoms with van der Waals surface area (Å²) in [4.78, 5) is 11.9. The topological polar surface area (TPSA) is 50.4 Å². The lowest BCUT2D eigenvalue weighted by molar-refractivity contribution is -0.121. The molecule has 0 aliphatic heterocycles. The maximum absolute atomic E-state index is 11.9. The van der Waals surface area contributed by atoms with Gasteiger partial charge in [0.15, 0.2) is 0 Å². The maximum Gasteiger partial charge on any atom is 0.221 e. The summed E-state index contributed by atoms with van der Waals surface area (Å²) in [5.74, 6) is 0.787. The van der Waals surface area contributed by atoms with Gasteiger partial charge in [-0.15, -0.1) is 0 Å². The van der Waals surface area contributed by atoms with Crippen LogP contribution in [0, 0.1) is 0 Å². The minimum absolute atomic E-state index is 0.0671. The first-order valence-electron chi connectivity index (χ1n) is 7.93. The molecule has 124 valence electrons. The molecule has 0 unspecified atom stereocenters. The Morgan fingerprint density at radius 3 is 2.82 bits per heavy atom. The van der Waals surface area contributed by atoms with Crippen molar-refractivity contribution >= 4 is 23.2 Å². The molecule has 5 heteroatoms. The molecule has 0 saturated heterocycles. The Bertz CT molecular complexity index is 466. The Hall–Kier alpha value is -1.42. The molecule has 1 rings (SSSR count). The molecule has 2 N–H and O–H groups in total. The van der Waals surface area contributed by atoms with E-state index >= 15 is 0 Å². The number of nitrogens with one attached hydrogen (secondary N) is 2. The highest BCUT2D eigenvalue weighted by atomic mass is 35.5. The van der Waals surface area contributed by atoms with E-state index in [-0.39, 0.29) is 11.9 Å². The van der Waals surface area contributed by atoms with Gasteiger partial charge in [0.2, 0.25) is 5.91 Å². The van der Waals surface area contributed by atoms with E-state index in [1.54, 1.807) is 25.3 Å². The highest BCUT2D eigenvalue weighted by molar-refractivity contribution is 6.30. The van der Waals surface area contributed by atoms with Crippen molar-refractivity contribution in [3.8, 4) is 5.75 Å². The summed E-state index contributed by atoms with van der Waals surface area (Å²) >= 11 is 5.97. The summed E-state index contributed by atoms with van der Waals surface area (Å²) < 4.78 is 5.26. The minimum atomic E-state index is 0.0671. The average Bonchev–Trinajstić information content (AvgIpc) is 2.47. The van der Waals surface area contributed by atoms with Crippen LogP contribution in [0.25, 0.3) is 0 Å². The van der Waals surface area contributed by atoms with Crippen molar-refractivity contribution in [2.45, 2.75) is 52.0 Å². The number of halogens is 1. The lowest BCUT2D eigenvalue weighted by Gasteiger charge is -2.15. The molecule has 0 saturated carbocycles. The van der Waals surface area contributed by atoms with E-state index in [2.05, 4.69) is 24.5 Å². The second-order valence-corrected chi connectivity index (χ2v) is 5.92. The molecule has 0 fully saturated rings. The fourth-order valence-electron chi connectivity index (χ4n) is 2.25. The molecule has 0 aromatic heterocycles. The van der Waals surface area contributed by atoms with Crippen molar-refractivity contribution in [2.75, 3.05) is 19.0 Å². The van der Waals surface area contributed by atoms with Crippen LogP contribution in [0.5, 0.6) is 5.75 Å². The number of ether oxygens (including phenoxy) is 1. The second kappa shape index (κ2) is 10.3. The summed E-state index contributed by atoms with van der Waals surface area (Å²) in [5.41, 5.74) is 0.804. The number of hydrogen-bond donors (Lipinski definition) is 2. The summed E-state index contributed by atoms with van der Waals surface area (Å²) in [7, 11) is 1.61. The van der Waals surface area contributed by atoms with E-state index in [9.17, 15) is 4.79 Å². The summed E-state index contributed by atoms with van der Waals surface area (Å²) in [6.45, 7) is 4.78. The van der Waals surface area contributed by atoms with Crippen LogP contribution in [-0.4, -0.2) is 25.6 Å². The first kappa shape index (κ1) is 18.6. The fraction of sp³-hybridized carbons (Fsp3) is 0.588. The average molecular weight is 327 g/mol. The quantitative estimate of drug-likeness (QED) is 0.632. The van der Waals surface area contributed by atoms with Crippen LogP contribution in [0.15, 0.2) is 18.2 Å². The van der Waals surface area contributed by atoms with E-state index < -0.39 is 0 Å². The van der Waals surface area contributed by atoms with Gasteiger partial charge in [-0.1, -0.05) is 37.8 Å². The molecular weight excluding hydrogens is 300 g/mol. The van der Waals surface area contributed by atoms with Gasteiger partial charge in [0.25, 0.3) is 0 Å². The molecule has 0 heterocycles. The fourth-order valence-corrected chi connectivity index (χ4v) is 2.42. The van der Waals surface area contributed by atoms with Gasteiger partial charge in [0.05, 0.1) is 12.8 Å². The van der Waals surface area contributed by atoms with Gasteiger partial charge in [-0.05, 0) is 31.5 Å². The zero-order valence-corrected chi connectivity index (χ0v) is 14.5. The monoisotopic (exact) mass is 326 g/mol. The third-order valence-corrected chi connectivity index (χ3v) is 3.71. The van der Waals surface area contributed by atoms with Crippen molar-refractivity contribution in [2.24, 2.45) is 0 Å². The van der Waals surface area contributed by atoms with Crippen LogP contribution in [0.4, 0.5) is 5.69 Å². The smallest absolute Gasteiger partial charge is 0.221 e. The summed E-state index contributed by atoms with van der Waals surface area (Å²) in [6, 6.07) is 5.61. The van der Waals surface area contributed by atoms with Crippen molar-refractivity contribution in [1.82, 2.24) is 5.32 Å². The van der Waals surface area contributed by atoms with E-state index in [1.165, 1.54) is 12.8 Å². The largest absolute Gasteiger partial charge is 0.495 e. The third kappa shape index (κ3) is 7.03. The molecule has 1 atom stereocenters. The highest BCUT2D eigenvalue weighted by Gasteiger charge is 2.08. The van der Waals surface area contributed by atoms with Crippen molar-refractivity contribution in [3.05, 3.63) is 23.2 Å². The molecule has 22 heavy (non-hydrogen) atoms. The predicted molar refractivity (Wildman–Crippen MR) is 92.9 cm³/mol. The normalized spacial score (nSPS) is 11.8. The molecule has 0 aliphatic carbocycles. The summed E-state index contributed by atoms with van der Waals surface area (Å²) in [6.07, 6.45) is 5.04. The molecule has 4 nitrogen and oxygen atoms in total. The van der Waals surface area contributed by atoms with E-state index in [0.717, 1.165) is 24.3 Å². The van der Waals surface area contributed by atoms with E-state index in [0.29, 0.717) is 18.0 Å². The number of methoxy groups -OCH3 is 1. The van der Waals surface area contributed by atoms with Crippen LogP contribution in [0.1, 0.15) is 46.0 Å². The number of rotatable bonds is 10. The van der Waals surface area contributed by atoms with Crippen LogP contribution in [0.3, 0.4) is 0 Å². The van der Waals surface area contributed by atoms with Crippen molar-refractivity contribution in [3.63, 3.8) is 0 Å². The first-order valence-corrected chi connectivity index (χ1v) is 8.31. The Morgan fingerprint density at radius 1 is 1.36 bits per heavy atom. The van der Waals surface area contributed by atoms with Crippen LogP contribution < -0.4 is 15.4 Å². The van der Waals surface area contributed by atoms with Gasteiger partial charge in [0, 0.05) is 24.0 Å². The maximum atomic E-state index is 11.9. The van der Waals surface area contributed by atoms with Gasteiger partial charge < -0.3 is 15.4 Å². The number of unbranched alkanes of at least 4 members (excludes halogenated alkanes) is 2. The number of carbonyl (C=O) groups is 1. The molecule has 0 radical (unpaired) electrons. The van der Waals surface area contributed by atoms with E-state index in [1.807, 2.05) is 0 Å². The van der Waals surface area contributed by atoms with Crippen LogP contribution in [-0.2, 0) is 4.79 Å². The minimum Gasteiger partial charge on any atom is -0.495 e. The van der Waals surface area contributed by atoms with Gasteiger partial charge in [-0.25, -0.2) is 0 Å². The number of benzene rings is 1. The lowest BCUT2D eigenvalue weighted by Crippen LogP contribution is -2.33. The van der Waals surface area contributed by atoms with Crippen LogP contribution >= 0.6 is 11.6 Å². The second-order valence-electron chi connectivity index (χ2n) is 5.49. The van der Waals surface area contributed by atoms with Gasteiger partial charge in [-0.3, -0.25) is 4.79 Å². The zero-order valence-electron chi connectivity index (χ0n) is 13.7. The number of carbonyl (C=O) groups excluding carboxylic acids is 1. The number of anilines is 1. The van der Waals surface area contributed by atoms with Crippen LogP contribution in [0.2, 0.25) is 5.02 Å². The molecule has 0 spiro atoms. The molecule has 1 aromatic carbocycles. The molecule has 1 amide bonds. The molecular formula is C17H27ClN2O2. The third-order valence-electron chi connectivity index (χ3n) is 3.48. The Balaban J connectivity index is 2.31. The number of hydrogen-bond acceptors (Lipinski definition) is 3. The Labute approximate surface area is 138 Å². The highest BCUT2D eigenvalue weighted by Crippen LogP contribution is 2.27. The summed E-state index contributed by atoms with van der Waals surface area (Å²) in [5, 5.41) is 6.86. The SMILES string of the molecule is CCCCC[C@H](C)NC(=O)CCNc1cc(Cl)ccc1OC. The zero-order chi connectivity index (χ0) is 16.4. The standard InChI is InChI=1S/C17H27ClN2O2/c1-4-5-6-7-13(2)20-17(21)10-11-19-15-12-14(18)8-9-16(15)22-3/h8-9,12-13,19H,4-7,10-11H2,1-3H3,(H,20,21)/t13-/m0/s1. The predicted octanol–water partition coefficient (Wildman–Crippen LogP) is 4.24. The van der Waals surface area contributed by atoms with Crippen molar-refractivity contribution in [1.29, 1.82) is 0 Å². The first-order chi connectivity index (χ1) is 10.6. The molecule has 0 aliphatic rings. The lowest BCUT2D eigenvalue weighted by atomic mass is 10.1. The van der Waals surface area contributed by atoms with E-state index in [4.69, 9.17) is 16.3 Å². The van der Waals surface area contributed by atoms with Crippen molar-refractivity contribution < 1.29 is 9.53 Å².